The highest BCUT2D eigenvalue weighted by Crippen LogP contribution is 2.18. The number of amides is 2. The fourth-order valence-electron chi connectivity index (χ4n) is 3.09. The van der Waals surface area contributed by atoms with Crippen LogP contribution in [0.1, 0.15) is 0 Å². The minimum Gasteiger partial charge on any atom is -0.353 e. The van der Waals surface area contributed by atoms with E-state index in [4.69, 9.17) is 11.6 Å². The summed E-state index contributed by atoms with van der Waals surface area (Å²) in [6.45, 7) is 3.31. The van der Waals surface area contributed by atoms with Crippen LogP contribution in [0, 0.1) is 0 Å². The molecule has 29 heavy (non-hydrogen) atoms. The number of aromatic nitrogens is 3. The zero-order valence-corrected chi connectivity index (χ0v) is 16.4. The molecule has 4 rings (SSSR count). The Kier molecular flexibility index (Phi) is 5.71. The van der Waals surface area contributed by atoms with Gasteiger partial charge in [0.25, 0.3) is 0 Å². The number of pyridine rings is 1. The molecular formula is C20H20ClN7O. The average Bonchev–Trinajstić information content (AvgIpc) is 2.75. The van der Waals surface area contributed by atoms with Gasteiger partial charge in [-0.05, 0) is 30.3 Å². The van der Waals surface area contributed by atoms with Crippen molar-refractivity contribution in [1.82, 2.24) is 15.0 Å². The van der Waals surface area contributed by atoms with E-state index in [0.29, 0.717) is 22.3 Å². The number of piperazine rings is 1. The van der Waals surface area contributed by atoms with Crippen molar-refractivity contribution in [2.75, 3.05) is 46.6 Å². The van der Waals surface area contributed by atoms with Crippen molar-refractivity contribution < 1.29 is 4.79 Å². The number of carbonyl (C=O) groups is 1. The monoisotopic (exact) mass is 409 g/mol. The fourth-order valence-corrected chi connectivity index (χ4v) is 3.28. The molecule has 8 nitrogen and oxygen atoms in total. The summed E-state index contributed by atoms with van der Waals surface area (Å²) in [4.78, 5) is 29.7. The van der Waals surface area contributed by atoms with Gasteiger partial charge >= 0.3 is 6.03 Å². The largest absolute Gasteiger partial charge is 0.353 e. The van der Waals surface area contributed by atoms with Crippen LogP contribution in [0.5, 0.6) is 0 Å². The van der Waals surface area contributed by atoms with E-state index >= 15 is 0 Å². The summed E-state index contributed by atoms with van der Waals surface area (Å²) in [5, 5.41) is 5.99. The Morgan fingerprint density at radius 2 is 1.59 bits per heavy atom. The lowest BCUT2D eigenvalue weighted by atomic mass is 10.3. The van der Waals surface area contributed by atoms with Gasteiger partial charge in [-0.2, -0.15) is 0 Å². The first kappa shape index (κ1) is 18.9. The number of benzene rings is 1. The molecule has 0 bridgehead atoms. The van der Waals surface area contributed by atoms with Crippen molar-refractivity contribution in [2.45, 2.75) is 0 Å². The molecule has 1 saturated heterocycles. The molecule has 1 aromatic carbocycles. The first-order valence-electron chi connectivity index (χ1n) is 9.24. The van der Waals surface area contributed by atoms with E-state index in [1.54, 1.807) is 42.9 Å². The minimum atomic E-state index is -0.382. The van der Waals surface area contributed by atoms with Crippen LogP contribution in [0.4, 0.5) is 27.9 Å². The second-order valence-corrected chi connectivity index (χ2v) is 6.96. The summed E-state index contributed by atoms with van der Waals surface area (Å²) in [6.07, 6.45) is 5.01. The second-order valence-electron chi connectivity index (χ2n) is 6.52. The molecule has 0 radical (unpaired) electrons. The van der Waals surface area contributed by atoms with Crippen molar-refractivity contribution >= 4 is 40.8 Å². The van der Waals surface area contributed by atoms with E-state index < -0.39 is 0 Å². The molecule has 1 aliphatic rings. The predicted molar refractivity (Wildman–Crippen MR) is 115 cm³/mol. The van der Waals surface area contributed by atoms with Crippen molar-refractivity contribution in [3.63, 3.8) is 0 Å². The molecule has 1 aliphatic heterocycles. The molecule has 9 heteroatoms. The SMILES string of the molecule is O=C(Nc1cnc(N2CCN(c3ccccn3)CC2)nc1)Nc1cccc(Cl)c1. The molecule has 2 N–H and O–H groups in total. The van der Waals surface area contributed by atoms with Crippen molar-refractivity contribution in [2.24, 2.45) is 0 Å². The van der Waals surface area contributed by atoms with Gasteiger partial charge in [-0.3, -0.25) is 0 Å². The molecular weight excluding hydrogens is 390 g/mol. The Labute approximate surface area is 173 Å². The van der Waals surface area contributed by atoms with Crippen LogP contribution in [0.25, 0.3) is 0 Å². The van der Waals surface area contributed by atoms with E-state index in [0.717, 1.165) is 32.0 Å². The average molecular weight is 410 g/mol. The number of anilines is 4. The van der Waals surface area contributed by atoms with Crippen LogP contribution in [0.3, 0.4) is 0 Å². The van der Waals surface area contributed by atoms with E-state index in [1.807, 2.05) is 18.2 Å². The summed E-state index contributed by atoms with van der Waals surface area (Å²) < 4.78 is 0. The number of nitrogens with zero attached hydrogens (tertiary/aromatic N) is 5. The number of rotatable bonds is 4. The Morgan fingerprint density at radius 3 is 2.28 bits per heavy atom. The number of hydrogen-bond donors (Lipinski definition) is 2. The standard InChI is InChI=1S/C20H20ClN7O/c21-15-4-3-5-16(12-15)25-20(29)26-17-13-23-19(24-14-17)28-10-8-27(9-11-28)18-6-1-2-7-22-18/h1-7,12-14H,8-11H2,(H2,25,26,29). The molecule has 0 aliphatic carbocycles. The first-order chi connectivity index (χ1) is 14.2. The number of urea groups is 1. The molecule has 0 atom stereocenters. The summed E-state index contributed by atoms with van der Waals surface area (Å²) >= 11 is 5.92. The minimum absolute atomic E-state index is 0.382. The number of nitrogens with one attached hydrogen (secondary N) is 2. The Bertz CT molecular complexity index is 960. The lowest BCUT2D eigenvalue weighted by molar-refractivity contribution is 0.262. The third kappa shape index (κ3) is 4.91. The third-order valence-electron chi connectivity index (χ3n) is 4.51. The molecule has 148 valence electrons. The predicted octanol–water partition coefficient (Wildman–Crippen LogP) is 3.50. The maximum atomic E-state index is 12.1. The summed E-state index contributed by atoms with van der Waals surface area (Å²) in [5.41, 5.74) is 1.12. The van der Waals surface area contributed by atoms with Crippen LogP contribution >= 0.6 is 11.6 Å². The van der Waals surface area contributed by atoms with Crippen LogP contribution in [0.2, 0.25) is 5.02 Å². The highest BCUT2D eigenvalue weighted by Gasteiger charge is 2.19. The molecule has 0 unspecified atom stereocenters. The summed E-state index contributed by atoms with van der Waals surface area (Å²) in [6, 6.07) is 12.5. The van der Waals surface area contributed by atoms with Gasteiger partial charge in [0.2, 0.25) is 5.95 Å². The highest BCUT2D eigenvalue weighted by molar-refractivity contribution is 6.30. The third-order valence-corrected chi connectivity index (χ3v) is 4.75. The molecule has 0 saturated carbocycles. The van der Waals surface area contributed by atoms with Gasteiger partial charge in [0.15, 0.2) is 0 Å². The molecule has 1 fully saturated rings. The molecule has 2 aromatic heterocycles. The zero-order chi connectivity index (χ0) is 20.1. The molecule has 3 aromatic rings. The summed E-state index contributed by atoms with van der Waals surface area (Å²) in [5.74, 6) is 1.63. The normalized spacial score (nSPS) is 13.8. The van der Waals surface area contributed by atoms with Gasteiger partial charge in [-0.1, -0.05) is 23.7 Å². The van der Waals surface area contributed by atoms with Gasteiger partial charge in [-0.15, -0.1) is 0 Å². The van der Waals surface area contributed by atoms with Crippen molar-refractivity contribution in [3.8, 4) is 0 Å². The smallest absolute Gasteiger partial charge is 0.323 e. The maximum Gasteiger partial charge on any atom is 0.323 e. The number of hydrogen-bond acceptors (Lipinski definition) is 6. The van der Waals surface area contributed by atoms with Crippen molar-refractivity contribution in [3.05, 3.63) is 66.1 Å². The van der Waals surface area contributed by atoms with E-state index in [2.05, 4.69) is 35.4 Å². The van der Waals surface area contributed by atoms with E-state index in [-0.39, 0.29) is 6.03 Å². The van der Waals surface area contributed by atoms with E-state index in [9.17, 15) is 4.79 Å². The van der Waals surface area contributed by atoms with E-state index in [1.165, 1.54) is 0 Å². The Balaban J connectivity index is 1.31. The van der Waals surface area contributed by atoms with Crippen molar-refractivity contribution in [1.29, 1.82) is 0 Å². The van der Waals surface area contributed by atoms with Gasteiger partial charge in [0, 0.05) is 43.1 Å². The fraction of sp³-hybridized carbons (Fsp3) is 0.200. The molecule has 0 spiro atoms. The lowest BCUT2D eigenvalue weighted by Gasteiger charge is -2.35. The molecule has 3 heterocycles. The zero-order valence-electron chi connectivity index (χ0n) is 15.6. The van der Waals surface area contributed by atoms with Crippen LogP contribution in [-0.4, -0.2) is 47.2 Å². The van der Waals surface area contributed by atoms with Gasteiger partial charge in [0.05, 0.1) is 18.1 Å². The van der Waals surface area contributed by atoms with Crippen LogP contribution in [0.15, 0.2) is 61.1 Å². The lowest BCUT2D eigenvalue weighted by Crippen LogP contribution is -2.47. The highest BCUT2D eigenvalue weighted by atomic mass is 35.5. The second kappa shape index (κ2) is 8.74. The van der Waals surface area contributed by atoms with Gasteiger partial charge in [-0.25, -0.2) is 19.7 Å². The first-order valence-corrected chi connectivity index (χ1v) is 9.62. The number of carbonyl (C=O) groups excluding carboxylic acids is 1. The Morgan fingerprint density at radius 1 is 0.862 bits per heavy atom. The quantitative estimate of drug-likeness (QED) is 0.686. The van der Waals surface area contributed by atoms with Crippen LogP contribution < -0.4 is 20.4 Å². The van der Waals surface area contributed by atoms with Gasteiger partial charge < -0.3 is 20.4 Å². The van der Waals surface area contributed by atoms with Crippen LogP contribution in [-0.2, 0) is 0 Å². The van der Waals surface area contributed by atoms with Gasteiger partial charge in [0.1, 0.15) is 5.82 Å². The summed E-state index contributed by atoms with van der Waals surface area (Å²) in [7, 11) is 0. The number of halogens is 1. The Hall–Kier alpha value is -3.39. The molecule has 2 amide bonds. The topological polar surface area (TPSA) is 86.3 Å². The maximum absolute atomic E-state index is 12.1.